The van der Waals surface area contributed by atoms with Gasteiger partial charge in [0.15, 0.2) is 0 Å². The molecule has 1 aromatic carbocycles. The van der Waals surface area contributed by atoms with Gasteiger partial charge < -0.3 is 24.1 Å². The molecule has 1 aliphatic rings. The Labute approximate surface area is 146 Å². The Balaban J connectivity index is 1.77. The zero-order valence-corrected chi connectivity index (χ0v) is 14.6. The van der Waals surface area contributed by atoms with Gasteiger partial charge in [0.05, 0.1) is 25.5 Å². The molecule has 3 atom stereocenters. The van der Waals surface area contributed by atoms with E-state index in [1.807, 2.05) is 30.3 Å². The van der Waals surface area contributed by atoms with Crippen molar-refractivity contribution in [2.24, 2.45) is 0 Å². The molecular weight excluding hydrogens is 322 g/mol. The number of carbonyl (C=O) groups excluding carboxylic acids is 1. The first-order valence-electron chi connectivity index (χ1n) is 8.16. The van der Waals surface area contributed by atoms with Crippen LogP contribution in [0.5, 0.6) is 0 Å². The summed E-state index contributed by atoms with van der Waals surface area (Å²) >= 11 is 0. The number of carbonyl (C=O) groups is 1. The quantitative estimate of drug-likeness (QED) is 0.890. The van der Waals surface area contributed by atoms with Gasteiger partial charge in [-0.3, -0.25) is 4.79 Å². The van der Waals surface area contributed by atoms with Crippen LogP contribution >= 0.6 is 0 Å². The first-order valence-corrected chi connectivity index (χ1v) is 8.16. The van der Waals surface area contributed by atoms with Crippen molar-refractivity contribution in [2.75, 3.05) is 34.5 Å². The van der Waals surface area contributed by atoms with Gasteiger partial charge >= 0.3 is 0 Å². The van der Waals surface area contributed by atoms with Crippen molar-refractivity contribution in [1.82, 2.24) is 14.9 Å². The highest BCUT2D eigenvalue weighted by molar-refractivity contribution is 5.92. The van der Waals surface area contributed by atoms with Crippen LogP contribution in [0.1, 0.15) is 10.5 Å². The topological polar surface area (TPSA) is 76.7 Å². The number of aromatic nitrogens is 2. The van der Waals surface area contributed by atoms with Crippen LogP contribution in [0.15, 0.2) is 36.5 Å². The number of hydrogen-bond acceptors (Lipinski definition) is 5. The summed E-state index contributed by atoms with van der Waals surface area (Å²) < 4.78 is 16.6. The number of H-pyrrole nitrogens is 1. The van der Waals surface area contributed by atoms with Crippen molar-refractivity contribution in [3.05, 3.63) is 42.2 Å². The molecule has 1 aliphatic heterocycles. The van der Waals surface area contributed by atoms with Gasteiger partial charge in [-0.2, -0.15) is 0 Å². The van der Waals surface area contributed by atoms with Crippen molar-refractivity contribution < 1.29 is 19.0 Å². The molecule has 2 aromatic rings. The van der Waals surface area contributed by atoms with E-state index in [9.17, 15) is 4.79 Å². The largest absolute Gasteiger partial charge is 0.376 e. The number of nitrogens with one attached hydrogen (secondary N) is 1. The van der Waals surface area contributed by atoms with Crippen molar-refractivity contribution in [3.63, 3.8) is 0 Å². The number of nitrogens with zero attached hydrogens (tertiary/aromatic N) is 2. The van der Waals surface area contributed by atoms with Crippen LogP contribution in [0.4, 0.5) is 0 Å². The molecular formula is C18H23N3O4. The van der Waals surface area contributed by atoms with Gasteiger partial charge in [0.25, 0.3) is 5.91 Å². The molecule has 7 nitrogen and oxygen atoms in total. The SMILES string of the molecule is CO[C@H]1[C@H](N(C)C(=O)c2cnc(-c3ccccc3)[nH]2)COC[C@H]1OC. The van der Waals surface area contributed by atoms with Crippen molar-refractivity contribution in [2.45, 2.75) is 18.2 Å². The fourth-order valence-electron chi connectivity index (χ4n) is 3.10. The molecule has 0 unspecified atom stereocenters. The minimum absolute atomic E-state index is 0.165. The monoisotopic (exact) mass is 345 g/mol. The molecule has 1 aromatic heterocycles. The molecule has 134 valence electrons. The third-order valence-electron chi connectivity index (χ3n) is 4.56. The fourth-order valence-corrected chi connectivity index (χ4v) is 3.10. The smallest absolute Gasteiger partial charge is 0.272 e. The Morgan fingerprint density at radius 2 is 2.00 bits per heavy atom. The summed E-state index contributed by atoms with van der Waals surface area (Å²) in [6.07, 6.45) is 1.10. The van der Waals surface area contributed by atoms with E-state index < -0.39 is 0 Å². The lowest BCUT2D eigenvalue weighted by molar-refractivity contribution is -0.147. The number of imidazole rings is 1. The van der Waals surface area contributed by atoms with Gasteiger partial charge in [0.1, 0.15) is 23.7 Å². The third-order valence-corrected chi connectivity index (χ3v) is 4.56. The first kappa shape index (κ1) is 17.6. The Kier molecular flexibility index (Phi) is 5.47. The van der Waals surface area contributed by atoms with Crippen LogP contribution in [0.2, 0.25) is 0 Å². The number of ether oxygens (including phenoxy) is 3. The van der Waals surface area contributed by atoms with E-state index in [0.29, 0.717) is 24.7 Å². The van der Waals surface area contributed by atoms with Crippen LogP contribution in [0.25, 0.3) is 11.4 Å². The average molecular weight is 345 g/mol. The molecule has 0 bridgehead atoms. The van der Waals surface area contributed by atoms with Crippen LogP contribution in [0, 0.1) is 0 Å². The second kappa shape index (κ2) is 7.77. The van der Waals surface area contributed by atoms with Crippen molar-refractivity contribution >= 4 is 5.91 Å². The van der Waals surface area contributed by atoms with Gasteiger partial charge in [-0.05, 0) is 0 Å². The van der Waals surface area contributed by atoms with Gasteiger partial charge in [0, 0.05) is 26.8 Å². The second-order valence-corrected chi connectivity index (χ2v) is 6.01. The standard InChI is InChI=1S/C18H23N3O4/c1-21(14-10-25-11-15(23-2)16(14)24-3)18(22)13-9-19-17(20-13)12-7-5-4-6-8-12/h4-9,14-16H,10-11H2,1-3H3,(H,19,20)/t14-,15-,16+/m1/s1. The summed E-state index contributed by atoms with van der Waals surface area (Å²) in [6, 6.07) is 9.44. The molecule has 1 saturated heterocycles. The zero-order valence-electron chi connectivity index (χ0n) is 14.6. The molecule has 2 heterocycles. The molecule has 1 amide bonds. The molecule has 25 heavy (non-hydrogen) atoms. The highest BCUT2D eigenvalue weighted by atomic mass is 16.6. The van der Waals surface area contributed by atoms with Crippen LogP contribution in [0.3, 0.4) is 0 Å². The van der Waals surface area contributed by atoms with Gasteiger partial charge in [0.2, 0.25) is 0 Å². The van der Waals surface area contributed by atoms with E-state index in [0.717, 1.165) is 5.56 Å². The summed E-state index contributed by atoms with van der Waals surface area (Å²) in [7, 11) is 4.98. The van der Waals surface area contributed by atoms with Crippen molar-refractivity contribution in [1.29, 1.82) is 0 Å². The number of rotatable bonds is 5. The molecule has 1 N–H and O–H groups in total. The molecule has 3 rings (SSSR count). The lowest BCUT2D eigenvalue weighted by Gasteiger charge is -2.40. The number of benzene rings is 1. The third kappa shape index (κ3) is 3.58. The maximum atomic E-state index is 12.8. The predicted octanol–water partition coefficient (Wildman–Crippen LogP) is 1.58. The maximum Gasteiger partial charge on any atom is 0.272 e. The Morgan fingerprint density at radius 1 is 1.24 bits per heavy atom. The Hall–Kier alpha value is -2.22. The molecule has 0 spiro atoms. The number of hydrogen-bond donors (Lipinski definition) is 1. The summed E-state index contributed by atoms with van der Waals surface area (Å²) in [4.78, 5) is 21.9. The molecule has 0 radical (unpaired) electrons. The number of likely N-dealkylation sites (N-methyl/N-ethyl adjacent to an activating group) is 1. The summed E-state index contributed by atoms with van der Waals surface area (Å²) in [5, 5.41) is 0. The molecule has 0 saturated carbocycles. The predicted molar refractivity (Wildman–Crippen MR) is 92.3 cm³/mol. The van der Waals surface area contributed by atoms with E-state index >= 15 is 0 Å². The molecule has 1 fully saturated rings. The van der Waals surface area contributed by atoms with Crippen LogP contribution in [-0.2, 0) is 14.2 Å². The Bertz CT molecular complexity index is 703. The number of amides is 1. The summed E-state index contributed by atoms with van der Waals surface area (Å²) in [5.74, 6) is 0.498. The number of methoxy groups -OCH3 is 2. The normalized spacial score (nSPS) is 23.4. The van der Waals surface area contributed by atoms with Gasteiger partial charge in [-0.25, -0.2) is 4.98 Å². The van der Waals surface area contributed by atoms with Crippen molar-refractivity contribution in [3.8, 4) is 11.4 Å². The lowest BCUT2D eigenvalue weighted by atomic mass is 10.0. The molecule has 7 heteroatoms. The van der Waals surface area contributed by atoms with E-state index in [2.05, 4.69) is 9.97 Å². The van der Waals surface area contributed by atoms with Gasteiger partial charge in [-0.1, -0.05) is 30.3 Å². The number of aromatic amines is 1. The van der Waals surface area contributed by atoms with Gasteiger partial charge in [-0.15, -0.1) is 0 Å². The second-order valence-electron chi connectivity index (χ2n) is 6.01. The highest BCUT2D eigenvalue weighted by Gasteiger charge is 2.39. The Morgan fingerprint density at radius 3 is 2.68 bits per heavy atom. The highest BCUT2D eigenvalue weighted by Crippen LogP contribution is 2.21. The van der Waals surface area contributed by atoms with E-state index in [1.54, 1.807) is 32.4 Å². The van der Waals surface area contributed by atoms with Crippen LogP contribution in [-0.4, -0.2) is 73.5 Å². The lowest BCUT2D eigenvalue weighted by Crippen LogP contribution is -2.57. The van der Waals surface area contributed by atoms with E-state index in [4.69, 9.17) is 14.2 Å². The summed E-state index contributed by atoms with van der Waals surface area (Å²) in [5.41, 5.74) is 1.36. The zero-order chi connectivity index (χ0) is 17.8. The minimum atomic E-state index is -0.246. The fraction of sp³-hybridized carbons (Fsp3) is 0.444. The van der Waals surface area contributed by atoms with E-state index in [1.165, 1.54) is 0 Å². The minimum Gasteiger partial charge on any atom is -0.376 e. The maximum absolute atomic E-state index is 12.8. The van der Waals surface area contributed by atoms with Crippen LogP contribution < -0.4 is 0 Å². The summed E-state index contributed by atoms with van der Waals surface area (Å²) in [6.45, 7) is 0.857. The van der Waals surface area contributed by atoms with E-state index in [-0.39, 0.29) is 24.2 Å². The molecule has 0 aliphatic carbocycles. The average Bonchev–Trinajstić information content (AvgIpc) is 3.17. The first-order chi connectivity index (χ1) is 12.2.